The molecule has 0 spiro atoms. The number of carbonyl (C=O) groups is 2. The van der Waals surface area contributed by atoms with Gasteiger partial charge in [0, 0.05) is 11.6 Å². The van der Waals surface area contributed by atoms with E-state index >= 15 is 0 Å². The summed E-state index contributed by atoms with van der Waals surface area (Å²) in [6, 6.07) is 14.5. The first-order valence-corrected chi connectivity index (χ1v) is 7.81. The van der Waals surface area contributed by atoms with Gasteiger partial charge in [0.25, 0.3) is 5.91 Å². The highest BCUT2D eigenvalue weighted by Crippen LogP contribution is 2.27. The van der Waals surface area contributed by atoms with Crippen LogP contribution in [0.3, 0.4) is 0 Å². The van der Waals surface area contributed by atoms with E-state index in [0.717, 1.165) is 12.1 Å². The Labute approximate surface area is 152 Å². The number of carboxylic acids is 1. The lowest BCUT2D eigenvalue weighted by atomic mass is 10.1. The third-order valence-electron chi connectivity index (χ3n) is 3.65. The highest BCUT2D eigenvalue weighted by molar-refractivity contribution is 6.02. The second-order valence-corrected chi connectivity index (χ2v) is 5.49. The standard InChI is InChI=1S/C20H13F2NO4/c21-15-8-4-7-14(18(15)22)17-10-9-13(27-17)11-16(20(25)26)23-19(24)12-5-2-1-3-6-12/h1-11H,(H,23,24)(H,25,26)/b16-11+. The SMILES string of the molecule is O=C(O)/C(=C\c1ccc(-c2cccc(F)c2F)o1)NC(=O)c1ccccc1. The quantitative estimate of drug-likeness (QED) is 0.664. The molecule has 1 aromatic heterocycles. The Hall–Kier alpha value is -3.74. The topological polar surface area (TPSA) is 79.5 Å². The average molecular weight is 369 g/mol. The van der Waals surface area contributed by atoms with Gasteiger partial charge in [-0.05, 0) is 36.4 Å². The maximum Gasteiger partial charge on any atom is 0.352 e. The number of furan rings is 1. The molecule has 0 fully saturated rings. The maximum absolute atomic E-state index is 13.8. The van der Waals surface area contributed by atoms with E-state index in [0.29, 0.717) is 0 Å². The predicted octanol–water partition coefficient (Wildman–Crippen LogP) is 4.08. The van der Waals surface area contributed by atoms with Crippen molar-refractivity contribution < 1.29 is 27.9 Å². The van der Waals surface area contributed by atoms with Crippen LogP contribution in [0.15, 0.2) is 70.8 Å². The molecule has 1 amide bonds. The number of carboxylic acid groups (broad SMARTS) is 1. The van der Waals surface area contributed by atoms with Crippen molar-refractivity contribution in [3.8, 4) is 11.3 Å². The van der Waals surface area contributed by atoms with Gasteiger partial charge >= 0.3 is 5.97 Å². The largest absolute Gasteiger partial charge is 0.477 e. The molecule has 3 aromatic rings. The van der Waals surface area contributed by atoms with E-state index in [1.165, 1.54) is 36.4 Å². The van der Waals surface area contributed by atoms with Crippen LogP contribution in [0.25, 0.3) is 17.4 Å². The van der Waals surface area contributed by atoms with Gasteiger partial charge in [0.15, 0.2) is 11.6 Å². The van der Waals surface area contributed by atoms with Crippen LogP contribution >= 0.6 is 0 Å². The number of nitrogens with one attached hydrogen (secondary N) is 1. The number of carbonyl (C=O) groups excluding carboxylic acids is 1. The Morgan fingerprint density at radius 3 is 2.41 bits per heavy atom. The molecule has 0 saturated carbocycles. The van der Waals surface area contributed by atoms with Crippen LogP contribution in [0.5, 0.6) is 0 Å². The summed E-state index contributed by atoms with van der Waals surface area (Å²) < 4.78 is 32.6. The highest BCUT2D eigenvalue weighted by Gasteiger charge is 2.16. The Morgan fingerprint density at radius 2 is 1.70 bits per heavy atom. The first-order valence-electron chi connectivity index (χ1n) is 7.81. The van der Waals surface area contributed by atoms with Gasteiger partial charge < -0.3 is 14.8 Å². The lowest BCUT2D eigenvalue weighted by Gasteiger charge is -2.05. The molecule has 0 aliphatic carbocycles. The summed E-state index contributed by atoms with van der Waals surface area (Å²) in [5.41, 5.74) is -0.240. The fraction of sp³-hybridized carbons (Fsp3) is 0. The number of rotatable bonds is 5. The smallest absolute Gasteiger partial charge is 0.352 e. The highest BCUT2D eigenvalue weighted by atomic mass is 19.2. The molecule has 2 aromatic carbocycles. The Kier molecular flexibility index (Phi) is 5.12. The van der Waals surface area contributed by atoms with Crippen molar-refractivity contribution in [1.29, 1.82) is 0 Å². The van der Waals surface area contributed by atoms with Crippen LogP contribution in [0.2, 0.25) is 0 Å². The van der Waals surface area contributed by atoms with E-state index in [1.807, 2.05) is 0 Å². The van der Waals surface area contributed by atoms with Crippen LogP contribution in [0.4, 0.5) is 8.78 Å². The summed E-state index contributed by atoms with van der Waals surface area (Å²) in [5, 5.41) is 11.6. The van der Waals surface area contributed by atoms with Gasteiger partial charge in [0.05, 0.1) is 5.56 Å². The van der Waals surface area contributed by atoms with E-state index in [4.69, 9.17) is 4.42 Å². The summed E-state index contributed by atoms with van der Waals surface area (Å²) in [4.78, 5) is 23.5. The summed E-state index contributed by atoms with van der Waals surface area (Å²) >= 11 is 0. The van der Waals surface area contributed by atoms with E-state index in [2.05, 4.69) is 5.32 Å². The predicted molar refractivity (Wildman–Crippen MR) is 93.6 cm³/mol. The van der Waals surface area contributed by atoms with Crippen molar-refractivity contribution >= 4 is 18.0 Å². The molecule has 0 saturated heterocycles. The molecule has 5 nitrogen and oxygen atoms in total. The zero-order valence-corrected chi connectivity index (χ0v) is 13.8. The maximum atomic E-state index is 13.8. The Morgan fingerprint density at radius 1 is 0.963 bits per heavy atom. The van der Waals surface area contributed by atoms with Gasteiger partial charge in [-0.1, -0.05) is 24.3 Å². The second-order valence-electron chi connectivity index (χ2n) is 5.49. The molecule has 7 heteroatoms. The van der Waals surface area contributed by atoms with E-state index < -0.39 is 29.2 Å². The molecule has 2 N–H and O–H groups in total. The number of hydrogen-bond acceptors (Lipinski definition) is 3. The van der Waals surface area contributed by atoms with Crippen molar-refractivity contribution in [2.24, 2.45) is 0 Å². The van der Waals surface area contributed by atoms with E-state index in [9.17, 15) is 23.5 Å². The van der Waals surface area contributed by atoms with Crippen LogP contribution in [0.1, 0.15) is 16.1 Å². The second kappa shape index (κ2) is 7.65. The minimum Gasteiger partial charge on any atom is -0.477 e. The molecular weight excluding hydrogens is 356 g/mol. The zero-order valence-electron chi connectivity index (χ0n) is 13.8. The first-order chi connectivity index (χ1) is 13.0. The van der Waals surface area contributed by atoms with Crippen molar-refractivity contribution in [2.75, 3.05) is 0 Å². The lowest BCUT2D eigenvalue weighted by molar-refractivity contribution is -0.132. The number of benzene rings is 2. The number of amides is 1. The summed E-state index contributed by atoms with van der Waals surface area (Å²) in [5.74, 6) is -4.00. The summed E-state index contributed by atoms with van der Waals surface area (Å²) in [6.45, 7) is 0. The van der Waals surface area contributed by atoms with Crippen LogP contribution in [-0.4, -0.2) is 17.0 Å². The van der Waals surface area contributed by atoms with E-state index in [-0.39, 0.29) is 22.6 Å². The molecule has 0 aliphatic rings. The van der Waals surface area contributed by atoms with Gasteiger partial charge in [-0.15, -0.1) is 0 Å². The molecule has 0 unspecified atom stereocenters. The average Bonchev–Trinajstić information content (AvgIpc) is 3.12. The third kappa shape index (κ3) is 4.09. The van der Waals surface area contributed by atoms with Gasteiger partial charge in [-0.2, -0.15) is 0 Å². The monoisotopic (exact) mass is 369 g/mol. The minimum atomic E-state index is -1.38. The normalized spacial score (nSPS) is 11.3. The van der Waals surface area contributed by atoms with Crippen LogP contribution in [-0.2, 0) is 4.79 Å². The molecule has 0 aliphatic heterocycles. The van der Waals surface area contributed by atoms with Gasteiger partial charge in [0.2, 0.25) is 0 Å². The van der Waals surface area contributed by atoms with Gasteiger partial charge in [0.1, 0.15) is 17.2 Å². The van der Waals surface area contributed by atoms with Gasteiger partial charge in [-0.25, -0.2) is 13.6 Å². The first kappa shape index (κ1) is 18.1. The summed E-state index contributed by atoms with van der Waals surface area (Å²) in [7, 11) is 0. The summed E-state index contributed by atoms with van der Waals surface area (Å²) in [6.07, 6.45) is 1.09. The molecular formula is C20H13F2NO4. The minimum absolute atomic E-state index is 0.0253. The van der Waals surface area contributed by atoms with E-state index in [1.54, 1.807) is 18.2 Å². The number of halogens is 2. The van der Waals surface area contributed by atoms with Crippen molar-refractivity contribution in [3.63, 3.8) is 0 Å². The molecule has 0 radical (unpaired) electrons. The van der Waals surface area contributed by atoms with Crippen molar-refractivity contribution in [1.82, 2.24) is 5.32 Å². The Balaban J connectivity index is 1.87. The third-order valence-corrected chi connectivity index (χ3v) is 3.65. The number of aliphatic carboxylic acids is 1. The zero-order chi connectivity index (χ0) is 19.4. The molecule has 3 rings (SSSR count). The molecule has 0 bridgehead atoms. The molecule has 27 heavy (non-hydrogen) atoms. The lowest BCUT2D eigenvalue weighted by Crippen LogP contribution is -2.27. The van der Waals surface area contributed by atoms with Gasteiger partial charge in [-0.3, -0.25) is 4.79 Å². The Bertz CT molecular complexity index is 1030. The van der Waals surface area contributed by atoms with Crippen molar-refractivity contribution in [2.45, 2.75) is 0 Å². The van der Waals surface area contributed by atoms with Crippen LogP contribution in [0, 0.1) is 11.6 Å². The number of hydrogen-bond donors (Lipinski definition) is 2. The molecule has 0 atom stereocenters. The fourth-order valence-electron chi connectivity index (χ4n) is 2.35. The fourth-order valence-corrected chi connectivity index (χ4v) is 2.35. The van der Waals surface area contributed by atoms with Crippen molar-refractivity contribution in [3.05, 3.63) is 89.3 Å². The molecule has 1 heterocycles. The van der Waals surface area contributed by atoms with Crippen LogP contribution < -0.4 is 5.32 Å². The molecule has 136 valence electrons.